The second kappa shape index (κ2) is 11.2. The molecule has 4 rings (SSSR count). The summed E-state index contributed by atoms with van der Waals surface area (Å²) in [6, 6.07) is 14.2. The van der Waals surface area contributed by atoms with E-state index >= 15 is 8.78 Å². The Bertz CT molecular complexity index is 1380. The second-order valence-electron chi connectivity index (χ2n) is 8.84. The number of halogens is 3. The lowest BCUT2D eigenvalue weighted by atomic mass is 10.0. The number of anilines is 1. The monoisotopic (exact) mass is 543 g/mol. The van der Waals surface area contributed by atoms with Crippen LogP contribution >= 0.6 is 11.8 Å². The predicted molar refractivity (Wildman–Crippen MR) is 136 cm³/mol. The summed E-state index contributed by atoms with van der Waals surface area (Å²) in [6.07, 6.45) is 0. The Morgan fingerprint density at radius 2 is 1.89 bits per heavy atom. The number of carbonyl (C=O) groups excluding carboxylic acids is 1. The maximum atomic E-state index is 15.8. The summed E-state index contributed by atoms with van der Waals surface area (Å²) < 4.78 is 61.2. The maximum Gasteiger partial charge on any atom is 0.330 e. The van der Waals surface area contributed by atoms with Crippen LogP contribution in [0.2, 0.25) is 0 Å². The van der Waals surface area contributed by atoms with Gasteiger partial charge in [0.25, 0.3) is 11.8 Å². The number of aromatic nitrogens is 1. The molecule has 1 fully saturated rings. The molecule has 198 valence electrons. The molecule has 1 aliphatic rings. The average molecular weight is 544 g/mol. The lowest BCUT2D eigenvalue weighted by molar-refractivity contribution is -0.145. The Balaban J connectivity index is 1.72. The molecular weight excluding hydrogens is 519 g/mol. The van der Waals surface area contributed by atoms with E-state index in [9.17, 15) is 14.4 Å². The molecule has 0 spiro atoms. The summed E-state index contributed by atoms with van der Waals surface area (Å²) in [5.74, 6) is -6.07. The van der Waals surface area contributed by atoms with Gasteiger partial charge in [-0.2, -0.15) is 23.4 Å². The summed E-state index contributed by atoms with van der Waals surface area (Å²) in [4.78, 5) is 17.2. The third kappa shape index (κ3) is 5.50. The van der Waals surface area contributed by atoms with Crippen LogP contribution in [-0.2, 0) is 16.1 Å². The number of nitrogens with zero attached hydrogens (tertiary/aromatic N) is 3. The molecule has 0 saturated carbocycles. The SMILES string of the molecule is CCOC(=O)C1N(c2c(F)c(F)nc(Oc3cc(C#N)ccc3OCc3ccccc3)c2F)CSC1(C)C. The van der Waals surface area contributed by atoms with Gasteiger partial charge in [0.1, 0.15) is 18.3 Å². The van der Waals surface area contributed by atoms with Crippen molar-refractivity contribution >= 4 is 23.4 Å². The quantitative estimate of drug-likeness (QED) is 0.254. The molecule has 11 heteroatoms. The fourth-order valence-corrected chi connectivity index (χ4v) is 5.14. The number of ether oxygens (including phenoxy) is 3. The molecule has 0 amide bonds. The molecule has 1 aliphatic heterocycles. The van der Waals surface area contributed by atoms with E-state index in [0.717, 1.165) is 10.5 Å². The van der Waals surface area contributed by atoms with Crippen molar-refractivity contribution in [3.8, 4) is 23.4 Å². The van der Waals surface area contributed by atoms with Crippen molar-refractivity contribution in [3.63, 3.8) is 0 Å². The largest absolute Gasteiger partial charge is 0.485 e. The van der Waals surface area contributed by atoms with Crippen molar-refractivity contribution in [1.82, 2.24) is 4.98 Å². The van der Waals surface area contributed by atoms with Crippen molar-refractivity contribution in [1.29, 1.82) is 5.26 Å². The molecule has 3 aromatic rings. The van der Waals surface area contributed by atoms with Crippen LogP contribution < -0.4 is 14.4 Å². The lowest BCUT2D eigenvalue weighted by Gasteiger charge is -2.31. The molecule has 2 aromatic carbocycles. The van der Waals surface area contributed by atoms with E-state index in [-0.39, 0.29) is 36.2 Å². The average Bonchev–Trinajstić information content (AvgIpc) is 3.21. The van der Waals surface area contributed by atoms with Crippen LogP contribution in [0.1, 0.15) is 31.9 Å². The van der Waals surface area contributed by atoms with Crippen molar-refractivity contribution in [2.45, 2.75) is 38.2 Å². The van der Waals surface area contributed by atoms with Gasteiger partial charge in [-0.25, -0.2) is 4.79 Å². The first kappa shape index (κ1) is 27.1. The fraction of sp³-hybridized carbons (Fsp3) is 0.296. The van der Waals surface area contributed by atoms with Crippen LogP contribution in [0, 0.1) is 28.9 Å². The minimum atomic E-state index is -1.61. The minimum Gasteiger partial charge on any atom is -0.485 e. The first-order valence-corrected chi connectivity index (χ1v) is 12.6. The van der Waals surface area contributed by atoms with Crippen LogP contribution in [-0.4, -0.2) is 34.2 Å². The number of esters is 1. The first-order valence-electron chi connectivity index (χ1n) is 11.7. The molecule has 1 unspecified atom stereocenters. The van der Waals surface area contributed by atoms with E-state index < -0.39 is 45.9 Å². The van der Waals surface area contributed by atoms with Crippen molar-refractivity contribution in [3.05, 3.63) is 77.2 Å². The Hall–Kier alpha value is -3.91. The number of rotatable bonds is 8. The van der Waals surface area contributed by atoms with E-state index in [1.165, 1.54) is 30.0 Å². The third-order valence-electron chi connectivity index (χ3n) is 5.84. The van der Waals surface area contributed by atoms with Crippen LogP contribution in [0.3, 0.4) is 0 Å². The van der Waals surface area contributed by atoms with Gasteiger partial charge in [0, 0.05) is 10.8 Å². The lowest BCUT2D eigenvalue weighted by Crippen LogP contribution is -2.48. The van der Waals surface area contributed by atoms with Crippen LogP contribution in [0.5, 0.6) is 17.4 Å². The van der Waals surface area contributed by atoms with Gasteiger partial charge in [0.05, 0.1) is 24.1 Å². The van der Waals surface area contributed by atoms with E-state index in [0.29, 0.717) is 0 Å². The van der Waals surface area contributed by atoms with Gasteiger partial charge in [-0.3, -0.25) is 0 Å². The molecule has 0 N–H and O–H groups in total. The van der Waals surface area contributed by atoms with Gasteiger partial charge >= 0.3 is 5.97 Å². The number of carbonyl (C=O) groups is 1. The molecule has 7 nitrogen and oxygen atoms in total. The fourth-order valence-electron chi connectivity index (χ4n) is 4.01. The topological polar surface area (TPSA) is 84.7 Å². The molecule has 0 bridgehead atoms. The number of nitriles is 1. The maximum absolute atomic E-state index is 15.8. The summed E-state index contributed by atoms with van der Waals surface area (Å²) >= 11 is 1.26. The van der Waals surface area contributed by atoms with Crippen LogP contribution in [0.25, 0.3) is 0 Å². The summed E-state index contributed by atoms with van der Waals surface area (Å²) in [6.45, 7) is 5.27. The zero-order valence-corrected chi connectivity index (χ0v) is 21.7. The van der Waals surface area contributed by atoms with E-state index in [2.05, 4.69) is 4.98 Å². The van der Waals surface area contributed by atoms with Crippen LogP contribution in [0.15, 0.2) is 48.5 Å². The summed E-state index contributed by atoms with van der Waals surface area (Å²) in [5, 5.41) is 9.33. The van der Waals surface area contributed by atoms with Gasteiger partial charge in [0.2, 0.25) is 11.6 Å². The molecule has 38 heavy (non-hydrogen) atoms. The third-order valence-corrected chi connectivity index (χ3v) is 7.22. The highest BCUT2D eigenvalue weighted by Gasteiger charge is 2.49. The second-order valence-corrected chi connectivity index (χ2v) is 10.4. The van der Waals surface area contributed by atoms with Gasteiger partial charge in [-0.15, -0.1) is 11.8 Å². The summed E-state index contributed by atoms with van der Waals surface area (Å²) in [5.41, 5.74) is 0.198. The van der Waals surface area contributed by atoms with E-state index in [1.54, 1.807) is 20.8 Å². The van der Waals surface area contributed by atoms with Crippen molar-refractivity contribution in [2.75, 3.05) is 17.4 Å². The molecule has 1 saturated heterocycles. The van der Waals surface area contributed by atoms with Gasteiger partial charge < -0.3 is 19.1 Å². The first-order chi connectivity index (χ1) is 18.2. The number of pyridine rings is 1. The smallest absolute Gasteiger partial charge is 0.330 e. The Labute approximate surface area is 222 Å². The zero-order chi connectivity index (χ0) is 27.4. The number of hydrogen-bond acceptors (Lipinski definition) is 8. The Kier molecular flexibility index (Phi) is 8.02. The summed E-state index contributed by atoms with van der Waals surface area (Å²) in [7, 11) is 0. The number of thioether (sulfide) groups is 1. The molecule has 0 radical (unpaired) electrons. The van der Waals surface area contributed by atoms with Gasteiger partial charge in [0.15, 0.2) is 11.5 Å². The molecule has 2 heterocycles. The highest BCUT2D eigenvalue weighted by Crippen LogP contribution is 2.45. The zero-order valence-electron chi connectivity index (χ0n) is 20.8. The minimum absolute atomic E-state index is 0.0113. The van der Waals surface area contributed by atoms with Crippen molar-refractivity contribution in [2.24, 2.45) is 0 Å². The normalized spacial score (nSPS) is 16.1. The molecule has 0 aliphatic carbocycles. The molecular formula is C27H24F3N3O4S. The van der Waals surface area contributed by atoms with Gasteiger partial charge in [-0.05, 0) is 38.5 Å². The van der Waals surface area contributed by atoms with Crippen LogP contribution in [0.4, 0.5) is 18.9 Å². The van der Waals surface area contributed by atoms with Gasteiger partial charge in [-0.1, -0.05) is 30.3 Å². The standard InChI is InChI=1S/C27H24F3N3O4S/c1-4-35-26(34)23-27(2,3)38-15-33(23)22-20(28)24(30)32-25(21(22)29)37-19-12-17(13-31)10-11-18(19)36-14-16-8-6-5-7-9-16/h5-12,23H,4,14-15H2,1-3H3. The highest BCUT2D eigenvalue weighted by atomic mass is 32.2. The van der Waals surface area contributed by atoms with Crippen molar-refractivity contribution < 1.29 is 32.2 Å². The Morgan fingerprint density at radius 1 is 1.16 bits per heavy atom. The van der Waals surface area contributed by atoms with E-state index in [1.807, 2.05) is 36.4 Å². The molecule has 1 atom stereocenters. The number of benzene rings is 2. The Morgan fingerprint density at radius 3 is 2.58 bits per heavy atom. The predicted octanol–water partition coefficient (Wildman–Crippen LogP) is 5.96. The number of hydrogen-bond donors (Lipinski definition) is 0. The molecule has 1 aromatic heterocycles. The van der Waals surface area contributed by atoms with E-state index in [4.69, 9.17) is 14.2 Å². The highest BCUT2D eigenvalue weighted by molar-refractivity contribution is 8.01.